The number of halogens is 1. The van der Waals surface area contributed by atoms with E-state index in [9.17, 15) is 4.79 Å². The summed E-state index contributed by atoms with van der Waals surface area (Å²) in [6.07, 6.45) is 5.96. The zero-order valence-electron chi connectivity index (χ0n) is 11.2. The zero-order chi connectivity index (χ0) is 12.1. The summed E-state index contributed by atoms with van der Waals surface area (Å²) in [7, 11) is 0. The highest BCUT2D eigenvalue weighted by atomic mass is 35.5. The molecule has 3 atom stereocenters. The summed E-state index contributed by atoms with van der Waals surface area (Å²) in [4.78, 5) is 11.8. The van der Waals surface area contributed by atoms with Crippen molar-refractivity contribution in [1.82, 2.24) is 5.32 Å². The molecule has 3 nitrogen and oxygen atoms in total. The lowest BCUT2D eigenvalue weighted by atomic mass is 10.0. The van der Waals surface area contributed by atoms with Gasteiger partial charge in [0.25, 0.3) is 0 Å². The molecule has 0 bridgehead atoms. The molecular weight excluding hydrogens is 236 g/mol. The van der Waals surface area contributed by atoms with E-state index in [1.54, 1.807) is 0 Å². The minimum Gasteiger partial charge on any atom is -0.352 e. The maximum Gasteiger partial charge on any atom is 0.237 e. The Labute approximate surface area is 111 Å². The molecule has 3 N–H and O–H groups in total. The van der Waals surface area contributed by atoms with Gasteiger partial charge in [-0.15, -0.1) is 12.4 Å². The lowest BCUT2D eigenvalue weighted by molar-refractivity contribution is -0.124. The third-order valence-electron chi connectivity index (χ3n) is 3.62. The van der Waals surface area contributed by atoms with Crippen LogP contribution in [-0.4, -0.2) is 18.0 Å². The van der Waals surface area contributed by atoms with Gasteiger partial charge >= 0.3 is 0 Å². The fourth-order valence-corrected chi connectivity index (χ4v) is 2.23. The number of hydrogen-bond donors (Lipinski definition) is 2. The molecule has 4 heteroatoms. The third kappa shape index (κ3) is 5.73. The Morgan fingerprint density at radius 3 is 2.47 bits per heavy atom. The topological polar surface area (TPSA) is 55.1 Å². The van der Waals surface area contributed by atoms with E-state index in [1.165, 1.54) is 19.3 Å². The average molecular weight is 263 g/mol. The van der Waals surface area contributed by atoms with Crippen molar-refractivity contribution in [3.8, 4) is 0 Å². The van der Waals surface area contributed by atoms with Crippen molar-refractivity contribution in [1.29, 1.82) is 0 Å². The van der Waals surface area contributed by atoms with Crippen LogP contribution in [0.5, 0.6) is 0 Å². The molecule has 1 rings (SSSR count). The van der Waals surface area contributed by atoms with Gasteiger partial charge < -0.3 is 11.1 Å². The molecule has 1 aliphatic rings. The van der Waals surface area contributed by atoms with Crippen LogP contribution in [-0.2, 0) is 4.79 Å². The van der Waals surface area contributed by atoms with Crippen LogP contribution in [0.1, 0.15) is 52.9 Å². The van der Waals surface area contributed by atoms with Gasteiger partial charge in [0.2, 0.25) is 5.91 Å². The van der Waals surface area contributed by atoms with E-state index >= 15 is 0 Å². The predicted molar refractivity (Wildman–Crippen MR) is 74.2 cm³/mol. The van der Waals surface area contributed by atoms with Gasteiger partial charge in [-0.3, -0.25) is 4.79 Å². The van der Waals surface area contributed by atoms with Gasteiger partial charge in [0.1, 0.15) is 0 Å². The second kappa shape index (κ2) is 7.93. The second-order valence-electron chi connectivity index (χ2n) is 5.59. The summed E-state index contributed by atoms with van der Waals surface area (Å²) in [6.45, 7) is 6.27. The molecule has 17 heavy (non-hydrogen) atoms. The molecule has 0 saturated heterocycles. The maximum atomic E-state index is 11.8. The van der Waals surface area contributed by atoms with E-state index < -0.39 is 0 Å². The fraction of sp³-hybridized carbons (Fsp3) is 0.923. The first kappa shape index (κ1) is 16.7. The minimum absolute atomic E-state index is 0. The molecule has 0 aliphatic heterocycles. The predicted octanol–water partition coefficient (Wildman–Crippen LogP) is 2.48. The first-order chi connectivity index (χ1) is 7.50. The lowest BCUT2D eigenvalue weighted by Gasteiger charge is -2.21. The van der Waals surface area contributed by atoms with Crippen LogP contribution >= 0.6 is 12.4 Å². The summed E-state index contributed by atoms with van der Waals surface area (Å²) < 4.78 is 0. The first-order valence-electron chi connectivity index (χ1n) is 6.56. The van der Waals surface area contributed by atoms with Crippen LogP contribution in [0.25, 0.3) is 0 Å². The Kier molecular flexibility index (Phi) is 7.80. The molecule has 1 saturated carbocycles. The summed E-state index contributed by atoms with van der Waals surface area (Å²) in [5.41, 5.74) is 5.83. The summed E-state index contributed by atoms with van der Waals surface area (Å²) in [5.74, 6) is 1.04. The Balaban J connectivity index is 0.00000256. The molecule has 0 heterocycles. The summed E-state index contributed by atoms with van der Waals surface area (Å²) in [6, 6.07) is -0.0112. The van der Waals surface area contributed by atoms with E-state index in [0.29, 0.717) is 6.04 Å². The average Bonchev–Trinajstić information content (AvgIpc) is 2.42. The number of nitrogens with one attached hydrogen (secondary N) is 1. The molecular formula is C13H27ClN2O. The molecule has 0 spiro atoms. The van der Waals surface area contributed by atoms with Crippen LogP contribution in [0.4, 0.5) is 0 Å². The van der Waals surface area contributed by atoms with Gasteiger partial charge in [0.05, 0.1) is 6.04 Å². The lowest BCUT2D eigenvalue weighted by Crippen LogP contribution is -2.47. The summed E-state index contributed by atoms with van der Waals surface area (Å²) >= 11 is 0. The monoisotopic (exact) mass is 262 g/mol. The number of carbonyl (C=O) groups is 1. The standard InChI is InChI=1S/C13H26N2O.ClH/c1-9(2)12(14)13(16)15-11-6-4-5-10(3)7-8-11;/h9-12H,4-8,14H2,1-3H3,(H,15,16);1H/t10?,11?,12-;/m1./s1. The van der Waals surface area contributed by atoms with Gasteiger partial charge in [-0.25, -0.2) is 0 Å². The molecule has 2 unspecified atom stereocenters. The van der Waals surface area contributed by atoms with Crippen LogP contribution < -0.4 is 11.1 Å². The fourth-order valence-electron chi connectivity index (χ4n) is 2.23. The Morgan fingerprint density at radius 2 is 1.88 bits per heavy atom. The Morgan fingerprint density at radius 1 is 1.24 bits per heavy atom. The summed E-state index contributed by atoms with van der Waals surface area (Å²) in [5, 5.41) is 3.10. The SMILES string of the molecule is CC1CCCC(NC(=O)[C@H](N)C(C)C)CC1.Cl. The van der Waals surface area contributed by atoms with Crippen LogP contribution in [0.2, 0.25) is 0 Å². The van der Waals surface area contributed by atoms with E-state index in [1.807, 2.05) is 13.8 Å². The highest BCUT2D eigenvalue weighted by molar-refractivity contribution is 5.85. The van der Waals surface area contributed by atoms with Gasteiger partial charge in [-0.05, 0) is 31.1 Å². The van der Waals surface area contributed by atoms with Crippen molar-refractivity contribution >= 4 is 18.3 Å². The van der Waals surface area contributed by atoms with Gasteiger partial charge in [-0.2, -0.15) is 0 Å². The van der Waals surface area contributed by atoms with E-state index in [0.717, 1.165) is 18.8 Å². The number of hydrogen-bond acceptors (Lipinski definition) is 2. The van der Waals surface area contributed by atoms with Crippen LogP contribution in [0, 0.1) is 11.8 Å². The van der Waals surface area contributed by atoms with Crippen molar-refractivity contribution in [2.24, 2.45) is 17.6 Å². The first-order valence-corrected chi connectivity index (χ1v) is 6.56. The van der Waals surface area contributed by atoms with Gasteiger partial charge in [0.15, 0.2) is 0 Å². The van der Waals surface area contributed by atoms with Gasteiger partial charge in [0, 0.05) is 6.04 Å². The van der Waals surface area contributed by atoms with Crippen LogP contribution in [0.15, 0.2) is 0 Å². The number of carbonyl (C=O) groups excluding carboxylic acids is 1. The van der Waals surface area contributed by atoms with Gasteiger partial charge in [-0.1, -0.05) is 33.6 Å². The molecule has 1 amide bonds. The van der Waals surface area contributed by atoms with Crippen molar-refractivity contribution in [3.63, 3.8) is 0 Å². The highest BCUT2D eigenvalue weighted by Gasteiger charge is 2.22. The largest absolute Gasteiger partial charge is 0.352 e. The quantitative estimate of drug-likeness (QED) is 0.768. The molecule has 1 fully saturated rings. The van der Waals surface area contributed by atoms with Crippen molar-refractivity contribution in [2.45, 2.75) is 65.0 Å². The Hall–Kier alpha value is -0.280. The van der Waals surface area contributed by atoms with Crippen molar-refractivity contribution < 1.29 is 4.79 Å². The van der Waals surface area contributed by atoms with E-state index in [2.05, 4.69) is 12.2 Å². The molecule has 0 radical (unpaired) electrons. The molecule has 102 valence electrons. The molecule has 0 aromatic heterocycles. The Bertz CT molecular complexity index is 233. The van der Waals surface area contributed by atoms with E-state index in [4.69, 9.17) is 5.73 Å². The zero-order valence-corrected chi connectivity index (χ0v) is 12.1. The minimum atomic E-state index is -0.360. The maximum absolute atomic E-state index is 11.8. The normalized spacial score (nSPS) is 26.9. The number of amides is 1. The number of nitrogens with two attached hydrogens (primary N) is 1. The third-order valence-corrected chi connectivity index (χ3v) is 3.62. The highest BCUT2D eigenvalue weighted by Crippen LogP contribution is 2.22. The van der Waals surface area contributed by atoms with Crippen molar-refractivity contribution in [3.05, 3.63) is 0 Å². The second-order valence-corrected chi connectivity index (χ2v) is 5.59. The van der Waals surface area contributed by atoms with Crippen molar-refractivity contribution in [2.75, 3.05) is 0 Å². The number of rotatable bonds is 3. The molecule has 0 aromatic rings. The van der Waals surface area contributed by atoms with Crippen LogP contribution in [0.3, 0.4) is 0 Å². The smallest absolute Gasteiger partial charge is 0.237 e. The van der Waals surface area contributed by atoms with E-state index in [-0.39, 0.29) is 30.3 Å². The molecule has 1 aliphatic carbocycles. The molecule has 0 aromatic carbocycles.